The molecule has 116 valence electrons. The first-order valence-electron chi connectivity index (χ1n) is 7.65. The van der Waals surface area contributed by atoms with Gasteiger partial charge in [-0.05, 0) is 18.1 Å². The van der Waals surface area contributed by atoms with E-state index < -0.39 is 11.6 Å². The Morgan fingerprint density at radius 2 is 1.86 bits per heavy atom. The standard InChI is InChI=1S/C18H20F2N2/c19-17-8-4-7-15(18(17)20)11-21-16-9-10-22(13-16)12-14-5-2-1-3-6-14/h1-8,16,21H,9-13H2/t16-/m0/s1. The summed E-state index contributed by atoms with van der Waals surface area (Å²) in [5, 5.41) is 3.33. The Labute approximate surface area is 129 Å². The number of nitrogens with zero attached hydrogens (tertiary/aromatic N) is 1. The lowest BCUT2D eigenvalue weighted by atomic mass is 10.2. The number of benzene rings is 2. The van der Waals surface area contributed by atoms with Crippen LogP contribution in [0.2, 0.25) is 0 Å². The number of halogens is 2. The Morgan fingerprint density at radius 3 is 2.68 bits per heavy atom. The van der Waals surface area contributed by atoms with Crippen molar-refractivity contribution in [2.45, 2.75) is 25.6 Å². The Kier molecular flexibility index (Phi) is 4.80. The van der Waals surface area contributed by atoms with E-state index in [1.54, 1.807) is 12.1 Å². The molecule has 1 fully saturated rings. The molecule has 22 heavy (non-hydrogen) atoms. The van der Waals surface area contributed by atoms with E-state index in [-0.39, 0.29) is 0 Å². The van der Waals surface area contributed by atoms with Crippen LogP contribution in [0.3, 0.4) is 0 Å². The van der Waals surface area contributed by atoms with E-state index in [4.69, 9.17) is 0 Å². The van der Waals surface area contributed by atoms with Gasteiger partial charge in [-0.15, -0.1) is 0 Å². The molecule has 0 unspecified atom stereocenters. The lowest BCUT2D eigenvalue weighted by Gasteiger charge is -2.17. The van der Waals surface area contributed by atoms with Crippen molar-refractivity contribution in [3.63, 3.8) is 0 Å². The van der Waals surface area contributed by atoms with Gasteiger partial charge in [0.1, 0.15) is 0 Å². The lowest BCUT2D eigenvalue weighted by molar-refractivity contribution is 0.319. The molecule has 3 rings (SSSR count). The number of hydrogen-bond donors (Lipinski definition) is 1. The van der Waals surface area contributed by atoms with Crippen LogP contribution in [0.5, 0.6) is 0 Å². The van der Waals surface area contributed by atoms with Crippen molar-refractivity contribution >= 4 is 0 Å². The van der Waals surface area contributed by atoms with Crippen molar-refractivity contribution in [1.82, 2.24) is 10.2 Å². The third-order valence-electron chi connectivity index (χ3n) is 4.13. The molecule has 1 atom stereocenters. The molecule has 0 amide bonds. The van der Waals surface area contributed by atoms with Gasteiger partial charge >= 0.3 is 0 Å². The molecule has 2 aromatic carbocycles. The summed E-state index contributed by atoms with van der Waals surface area (Å²) in [5.74, 6) is -1.52. The third kappa shape index (κ3) is 3.70. The van der Waals surface area contributed by atoms with Crippen LogP contribution in [-0.2, 0) is 13.1 Å². The second-order valence-corrected chi connectivity index (χ2v) is 5.80. The van der Waals surface area contributed by atoms with Gasteiger partial charge in [0.2, 0.25) is 0 Å². The van der Waals surface area contributed by atoms with Gasteiger partial charge in [0.15, 0.2) is 11.6 Å². The molecule has 2 aromatic rings. The van der Waals surface area contributed by atoms with E-state index in [0.29, 0.717) is 18.2 Å². The quantitative estimate of drug-likeness (QED) is 0.911. The van der Waals surface area contributed by atoms with Crippen LogP contribution in [0.15, 0.2) is 48.5 Å². The fourth-order valence-corrected chi connectivity index (χ4v) is 2.92. The average molecular weight is 302 g/mol. The molecule has 1 aliphatic heterocycles. The predicted octanol–water partition coefficient (Wildman–Crippen LogP) is 3.33. The molecule has 0 aliphatic carbocycles. The number of hydrogen-bond acceptors (Lipinski definition) is 2. The highest BCUT2D eigenvalue weighted by molar-refractivity contribution is 5.19. The summed E-state index contributed by atoms with van der Waals surface area (Å²) >= 11 is 0. The maximum atomic E-state index is 13.6. The van der Waals surface area contributed by atoms with E-state index in [0.717, 1.165) is 32.1 Å². The first kappa shape index (κ1) is 15.1. The summed E-state index contributed by atoms with van der Waals surface area (Å²) in [5.41, 5.74) is 1.70. The van der Waals surface area contributed by atoms with Gasteiger partial charge in [-0.3, -0.25) is 4.90 Å². The van der Waals surface area contributed by atoms with Crippen molar-refractivity contribution in [3.05, 3.63) is 71.3 Å². The summed E-state index contributed by atoms with van der Waals surface area (Å²) in [6.45, 7) is 3.27. The minimum absolute atomic E-state index is 0.325. The fourth-order valence-electron chi connectivity index (χ4n) is 2.92. The van der Waals surface area contributed by atoms with Crippen molar-refractivity contribution in [2.75, 3.05) is 13.1 Å². The van der Waals surface area contributed by atoms with Crippen LogP contribution < -0.4 is 5.32 Å². The zero-order valence-electron chi connectivity index (χ0n) is 12.4. The summed E-state index contributed by atoms with van der Waals surface area (Å²) in [4.78, 5) is 2.38. The van der Waals surface area contributed by atoms with Crippen molar-refractivity contribution in [3.8, 4) is 0 Å². The normalized spacial score (nSPS) is 18.7. The van der Waals surface area contributed by atoms with Gasteiger partial charge in [-0.2, -0.15) is 0 Å². The van der Waals surface area contributed by atoms with E-state index in [2.05, 4.69) is 22.3 Å². The minimum Gasteiger partial charge on any atom is -0.308 e. The van der Waals surface area contributed by atoms with Crippen LogP contribution in [-0.4, -0.2) is 24.0 Å². The molecule has 4 heteroatoms. The molecule has 1 heterocycles. The van der Waals surface area contributed by atoms with E-state index in [1.807, 2.05) is 18.2 Å². The highest BCUT2D eigenvalue weighted by atomic mass is 19.2. The van der Waals surface area contributed by atoms with Crippen LogP contribution in [0.25, 0.3) is 0 Å². The summed E-state index contributed by atoms with van der Waals surface area (Å²) in [6, 6.07) is 15.0. The van der Waals surface area contributed by atoms with Crippen LogP contribution in [0.4, 0.5) is 8.78 Å². The largest absolute Gasteiger partial charge is 0.308 e. The van der Waals surface area contributed by atoms with Gasteiger partial charge in [0, 0.05) is 37.8 Å². The predicted molar refractivity (Wildman–Crippen MR) is 83.3 cm³/mol. The van der Waals surface area contributed by atoms with Gasteiger partial charge in [0.25, 0.3) is 0 Å². The molecule has 0 radical (unpaired) electrons. The molecule has 0 saturated carbocycles. The smallest absolute Gasteiger partial charge is 0.163 e. The third-order valence-corrected chi connectivity index (χ3v) is 4.13. The molecule has 1 saturated heterocycles. The molecule has 0 aromatic heterocycles. The topological polar surface area (TPSA) is 15.3 Å². The number of rotatable bonds is 5. The first-order valence-corrected chi connectivity index (χ1v) is 7.65. The maximum Gasteiger partial charge on any atom is 0.163 e. The van der Waals surface area contributed by atoms with Gasteiger partial charge in [-0.25, -0.2) is 8.78 Å². The Balaban J connectivity index is 1.50. The summed E-state index contributed by atoms with van der Waals surface area (Å²) in [7, 11) is 0. The van der Waals surface area contributed by atoms with Crippen LogP contribution in [0, 0.1) is 11.6 Å². The second kappa shape index (κ2) is 6.99. The first-order chi connectivity index (χ1) is 10.7. The molecule has 2 nitrogen and oxygen atoms in total. The fraction of sp³-hybridized carbons (Fsp3) is 0.333. The van der Waals surface area contributed by atoms with E-state index in [9.17, 15) is 8.78 Å². The van der Waals surface area contributed by atoms with Gasteiger partial charge in [0.05, 0.1) is 0 Å². The summed E-state index contributed by atoms with van der Waals surface area (Å²) < 4.78 is 26.8. The molecule has 0 bridgehead atoms. The van der Waals surface area contributed by atoms with Crippen molar-refractivity contribution in [1.29, 1.82) is 0 Å². The number of nitrogens with one attached hydrogen (secondary N) is 1. The van der Waals surface area contributed by atoms with Crippen LogP contribution in [0.1, 0.15) is 17.5 Å². The monoisotopic (exact) mass is 302 g/mol. The lowest BCUT2D eigenvalue weighted by Crippen LogP contribution is -2.32. The highest BCUT2D eigenvalue weighted by Crippen LogP contribution is 2.15. The molecule has 1 N–H and O–H groups in total. The molecular weight excluding hydrogens is 282 g/mol. The van der Waals surface area contributed by atoms with Crippen molar-refractivity contribution < 1.29 is 8.78 Å². The molecule has 0 spiro atoms. The second-order valence-electron chi connectivity index (χ2n) is 5.80. The van der Waals surface area contributed by atoms with Crippen molar-refractivity contribution in [2.24, 2.45) is 0 Å². The maximum absolute atomic E-state index is 13.6. The Bertz CT molecular complexity index is 616. The molecular formula is C18H20F2N2. The Hall–Kier alpha value is -1.78. The average Bonchev–Trinajstić information content (AvgIpc) is 2.97. The zero-order chi connectivity index (χ0) is 15.4. The minimum atomic E-state index is -0.781. The molecule has 1 aliphatic rings. The van der Waals surface area contributed by atoms with E-state index in [1.165, 1.54) is 5.56 Å². The SMILES string of the molecule is Fc1cccc(CN[C@H]2CCN(Cc3ccccc3)C2)c1F. The number of likely N-dealkylation sites (tertiary alicyclic amines) is 1. The Morgan fingerprint density at radius 1 is 1.05 bits per heavy atom. The van der Waals surface area contributed by atoms with Gasteiger partial charge in [-0.1, -0.05) is 42.5 Å². The van der Waals surface area contributed by atoms with E-state index >= 15 is 0 Å². The van der Waals surface area contributed by atoms with Crippen LogP contribution >= 0.6 is 0 Å². The highest BCUT2D eigenvalue weighted by Gasteiger charge is 2.22. The zero-order valence-corrected chi connectivity index (χ0v) is 12.4. The van der Waals surface area contributed by atoms with Gasteiger partial charge < -0.3 is 5.32 Å². The summed E-state index contributed by atoms with van der Waals surface area (Å²) in [6.07, 6.45) is 1.03.